The summed E-state index contributed by atoms with van der Waals surface area (Å²) >= 11 is 0.986. The van der Waals surface area contributed by atoms with E-state index >= 15 is 0 Å². The van der Waals surface area contributed by atoms with Gasteiger partial charge in [0.25, 0.3) is 15.0 Å². The number of rotatable bonds is 5. The van der Waals surface area contributed by atoms with Crippen molar-refractivity contribution in [2.45, 2.75) is 37.8 Å². The smallest absolute Gasteiger partial charge is 0.271 e. The third-order valence-electron chi connectivity index (χ3n) is 4.18. The molecule has 1 fully saturated rings. The molecular formula is C13H18ClNO3S2. The van der Waals surface area contributed by atoms with Gasteiger partial charge in [-0.1, -0.05) is 13.8 Å². The SMILES string of the molecule is Cc1c(C(=O)NCC2(C(C)C)CC2)csc1S(=O)(=O)Cl. The van der Waals surface area contributed by atoms with E-state index < -0.39 is 9.05 Å². The molecule has 1 amide bonds. The van der Waals surface area contributed by atoms with Gasteiger partial charge < -0.3 is 5.32 Å². The lowest BCUT2D eigenvalue weighted by molar-refractivity contribution is 0.0939. The Labute approximate surface area is 127 Å². The van der Waals surface area contributed by atoms with Crippen molar-refractivity contribution in [3.05, 3.63) is 16.5 Å². The predicted molar refractivity (Wildman–Crippen MR) is 80.9 cm³/mol. The highest BCUT2D eigenvalue weighted by Gasteiger charge is 2.45. The lowest BCUT2D eigenvalue weighted by Gasteiger charge is -2.19. The van der Waals surface area contributed by atoms with Crippen LogP contribution in [0.4, 0.5) is 0 Å². The fourth-order valence-electron chi connectivity index (χ4n) is 2.33. The second-order valence-corrected chi connectivity index (χ2v) is 9.34. The van der Waals surface area contributed by atoms with Crippen molar-refractivity contribution in [2.24, 2.45) is 11.3 Å². The molecule has 0 atom stereocenters. The van der Waals surface area contributed by atoms with Gasteiger partial charge in [-0.2, -0.15) is 0 Å². The zero-order valence-electron chi connectivity index (χ0n) is 11.7. The summed E-state index contributed by atoms with van der Waals surface area (Å²) < 4.78 is 22.8. The fourth-order valence-corrected chi connectivity index (χ4v) is 4.88. The first kappa shape index (κ1) is 15.8. The van der Waals surface area contributed by atoms with Crippen molar-refractivity contribution in [3.8, 4) is 0 Å². The molecule has 0 spiro atoms. The largest absolute Gasteiger partial charge is 0.351 e. The average molecular weight is 336 g/mol. The minimum absolute atomic E-state index is 0.0503. The van der Waals surface area contributed by atoms with E-state index in [0.717, 1.165) is 24.2 Å². The van der Waals surface area contributed by atoms with Gasteiger partial charge in [-0.25, -0.2) is 8.42 Å². The van der Waals surface area contributed by atoms with Crippen LogP contribution in [0.15, 0.2) is 9.59 Å². The van der Waals surface area contributed by atoms with Crippen molar-refractivity contribution in [2.75, 3.05) is 6.54 Å². The first-order valence-corrected chi connectivity index (χ1v) is 9.67. The quantitative estimate of drug-likeness (QED) is 0.841. The summed E-state index contributed by atoms with van der Waals surface area (Å²) in [5, 5.41) is 4.47. The van der Waals surface area contributed by atoms with E-state index in [0.29, 0.717) is 23.6 Å². The second kappa shape index (κ2) is 5.31. The zero-order valence-corrected chi connectivity index (χ0v) is 14.1. The minimum atomic E-state index is -3.78. The van der Waals surface area contributed by atoms with Crippen LogP contribution in [0.25, 0.3) is 0 Å². The topological polar surface area (TPSA) is 63.2 Å². The summed E-state index contributed by atoms with van der Waals surface area (Å²) in [6.07, 6.45) is 2.27. The lowest BCUT2D eigenvalue weighted by Crippen LogP contribution is -2.32. The maximum absolute atomic E-state index is 12.2. The van der Waals surface area contributed by atoms with Crippen molar-refractivity contribution >= 4 is 37.0 Å². The Morgan fingerprint density at radius 3 is 2.50 bits per heavy atom. The Bertz CT molecular complexity index is 630. The standard InChI is InChI=1S/C13H18ClNO3S2/c1-8(2)13(4-5-13)7-15-11(16)10-6-19-12(9(10)3)20(14,17)18/h6,8H,4-5,7H2,1-3H3,(H,15,16). The summed E-state index contributed by atoms with van der Waals surface area (Å²) in [6.45, 7) is 6.57. The van der Waals surface area contributed by atoms with Crippen LogP contribution >= 0.6 is 22.0 Å². The molecule has 1 aromatic heterocycles. The molecule has 1 aromatic rings. The number of carbonyl (C=O) groups is 1. The monoisotopic (exact) mass is 335 g/mol. The number of hydrogen-bond donors (Lipinski definition) is 1. The molecule has 20 heavy (non-hydrogen) atoms. The molecule has 1 saturated carbocycles. The van der Waals surface area contributed by atoms with E-state index in [4.69, 9.17) is 10.7 Å². The van der Waals surface area contributed by atoms with Gasteiger partial charge in [0.15, 0.2) is 0 Å². The molecule has 0 aromatic carbocycles. The van der Waals surface area contributed by atoms with E-state index in [2.05, 4.69) is 19.2 Å². The zero-order chi connectivity index (χ0) is 15.1. The van der Waals surface area contributed by atoms with Crippen LogP contribution in [-0.4, -0.2) is 20.9 Å². The molecule has 0 bridgehead atoms. The summed E-state index contributed by atoms with van der Waals surface area (Å²) in [6, 6.07) is 0. The number of nitrogens with one attached hydrogen (secondary N) is 1. The van der Waals surface area contributed by atoms with E-state index in [-0.39, 0.29) is 15.5 Å². The molecule has 0 aliphatic heterocycles. The number of hydrogen-bond acceptors (Lipinski definition) is 4. The average Bonchev–Trinajstić information content (AvgIpc) is 3.02. The van der Waals surface area contributed by atoms with Gasteiger partial charge in [0.2, 0.25) is 0 Å². The van der Waals surface area contributed by atoms with E-state index in [1.807, 2.05) is 0 Å². The van der Waals surface area contributed by atoms with E-state index in [1.165, 1.54) is 0 Å². The molecule has 1 aliphatic carbocycles. The van der Waals surface area contributed by atoms with Gasteiger partial charge in [0.05, 0.1) is 5.56 Å². The number of amides is 1. The summed E-state index contributed by atoms with van der Waals surface area (Å²) in [5.74, 6) is 0.308. The summed E-state index contributed by atoms with van der Waals surface area (Å²) in [5.41, 5.74) is 1.05. The first-order chi connectivity index (χ1) is 9.17. The number of thiophene rings is 1. The molecule has 112 valence electrons. The minimum Gasteiger partial charge on any atom is -0.351 e. The molecule has 0 saturated heterocycles. The van der Waals surface area contributed by atoms with Crippen LogP contribution in [-0.2, 0) is 9.05 Å². The Hall–Kier alpha value is -0.590. The molecular weight excluding hydrogens is 318 g/mol. The van der Waals surface area contributed by atoms with Crippen molar-refractivity contribution < 1.29 is 13.2 Å². The third-order valence-corrected chi connectivity index (χ3v) is 7.49. The highest BCUT2D eigenvalue weighted by molar-refractivity contribution is 8.15. The van der Waals surface area contributed by atoms with Gasteiger partial charge in [0, 0.05) is 22.6 Å². The maximum Gasteiger partial charge on any atom is 0.271 e. The van der Waals surface area contributed by atoms with Crippen molar-refractivity contribution in [3.63, 3.8) is 0 Å². The molecule has 4 nitrogen and oxygen atoms in total. The van der Waals surface area contributed by atoms with Crippen LogP contribution in [0.1, 0.15) is 42.6 Å². The van der Waals surface area contributed by atoms with Crippen LogP contribution < -0.4 is 5.32 Å². The molecule has 0 unspecified atom stereocenters. The van der Waals surface area contributed by atoms with Crippen molar-refractivity contribution in [1.29, 1.82) is 0 Å². The predicted octanol–water partition coefficient (Wildman–Crippen LogP) is 3.15. The Morgan fingerprint density at radius 2 is 2.10 bits per heavy atom. The fraction of sp³-hybridized carbons (Fsp3) is 0.615. The molecule has 1 N–H and O–H groups in total. The summed E-state index contributed by atoms with van der Waals surface area (Å²) in [7, 11) is 1.55. The normalized spacial score (nSPS) is 17.2. The van der Waals surface area contributed by atoms with Gasteiger partial charge in [-0.3, -0.25) is 4.79 Å². The lowest BCUT2D eigenvalue weighted by atomic mass is 9.92. The Balaban J connectivity index is 2.09. The van der Waals surface area contributed by atoms with Crippen LogP contribution in [0.3, 0.4) is 0 Å². The van der Waals surface area contributed by atoms with Crippen molar-refractivity contribution in [1.82, 2.24) is 5.32 Å². The Morgan fingerprint density at radius 1 is 1.50 bits per heavy atom. The van der Waals surface area contributed by atoms with E-state index in [1.54, 1.807) is 12.3 Å². The van der Waals surface area contributed by atoms with Crippen LogP contribution in [0.5, 0.6) is 0 Å². The Kier molecular flexibility index (Phi) is 4.19. The van der Waals surface area contributed by atoms with Crippen LogP contribution in [0, 0.1) is 18.3 Å². The van der Waals surface area contributed by atoms with Gasteiger partial charge in [0.1, 0.15) is 4.21 Å². The maximum atomic E-state index is 12.2. The third kappa shape index (κ3) is 3.02. The summed E-state index contributed by atoms with van der Waals surface area (Å²) in [4.78, 5) is 12.2. The van der Waals surface area contributed by atoms with Gasteiger partial charge in [-0.05, 0) is 36.7 Å². The second-order valence-electron chi connectivity index (χ2n) is 5.70. The number of carbonyl (C=O) groups excluding carboxylic acids is 1. The van der Waals surface area contributed by atoms with Gasteiger partial charge >= 0.3 is 0 Å². The molecule has 2 rings (SSSR count). The highest BCUT2D eigenvalue weighted by Crippen LogP contribution is 2.51. The highest BCUT2D eigenvalue weighted by atomic mass is 35.7. The molecule has 1 aliphatic rings. The van der Waals surface area contributed by atoms with Crippen LogP contribution in [0.2, 0.25) is 0 Å². The first-order valence-electron chi connectivity index (χ1n) is 6.48. The van der Waals surface area contributed by atoms with E-state index in [9.17, 15) is 13.2 Å². The van der Waals surface area contributed by atoms with Gasteiger partial charge in [-0.15, -0.1) is 11.3 Å². The molecule has 7 heteroatoms. The number of halogens is 1. The molecule has 0 radical (unpaired) electrons. The molecule has 1 heterocycles.